The second-order valence-corrected chi connectivity index (χ2v) is 4.24. The Morgan fingerprint density at radius 3 is 2.50 bits per heavy atom. The predicted octanol–water partition coefficient (Wildman–Crippen LogP) is 2.41. The largest absolute Gasteiger partial charge is 0.465 e. The van der Waals surface area contributed by atoms with E-state index in [2.05, 4.69) is 0 Å². The lowest BCUT2D eigenvalue weighted by atomic mass is 10.3. The van der Waals surface area contributed by atoms with Gasteiger partial charge >= 0.3 is 5.97 Å². The summed E-state index contributed by atoms with van der Waals surface area (Å²) < 4.78 is 4.89. The van der Waals surface area contributed by atoms with Gasteiger partial charge in [0.1, 0.15) is 6.54 Å². The second-order valence-electron chi connectivity index (χ2n) is 3.36. The van der Waals surface area contributed by atoms with Crippen LogP contribution in [0.3, 0.4) is 0 Å². The van der Waals surface area contributed by atoms with Crippen LogP contribution in [0.2, 0.25) is 0 Å². The van der Waals surface area contributed by atoms with Gasteiger partial charge in [-0.2, -0.15) is 0 Å². The highest BCUT2D eigenvalue weighted by atomic mass is 32.2. The number of hydrogen-bond acceptors (Lipinski definition) is 4. The van der Waals surface area contributed by atoms with E-state index < -0.39 is 0 Å². The van der Waals surface area contributed by atoms with E-state index in [1.807, 2.05) is 49.4 Å². The van der Waals surface area contributed by atoms with Gasteiger partial charge in [-0.05, 0) is 37.4 Å². The molecule has 0 amide bonds. The number of anilines is 1. The molecule has 0 aliphatic carbocycles. The quantitative estimate of drug-likeness (QED) is 0.583. The van der Waals surface area contributed by atoms with Crippen LogP contribution in [0.4, 0.5) is 5.69 Å². The van der Waals surface area contributed by atoms with Crippen molar-refractivity contribution in [2.45, 2.75) is 11.8 Å². The lowest BCUT2D eigenvalue weighted by Crippen LogP contribution is -2.26. The zero-order valence-electron chi connectivity index (χ0n) is 9.90. The molecule has 0 saturated heterocycles. The van der Waals surface area contributed by atoms with Crippen LogP contribution in [0.15, 0.2) is 29.2 Å². The van der Waals surface area contributed by atoms with Crippen molar-refractivity contribution >= 4 is 23.4 Å². The molecule has 88 valence electrons. The van der Waals surface area contributed by atoms with Gasteiger partial charge < -0.3 is 9.64 Å². The lowest BCUT2D eigenvalue weighted by Gasteiger charge is -2.18. The summed E-state index contributed by atoms with van der Waals surface area (Å²) in [6, 6.07) is 8.10. The molecule has 0 aliphatic heterocycles. The van der Waals surface area contributed by atoms with E-state index in [1.165, 1.54) is 4.90 Å². The number of hydrogen-bond donors (Lipinski definition) is 0. The number of esters is 1. The van der Waals surface area contributed by atoms with Gasteiger partial charge in [0.2, 0.25) is 0 Å². The maximum Gasteiger partial charge on any atom is 0.325 e. The van der Waals surface area contributed by atoms with Gasteiger partial charge in [0.05, 0.1) is 6.61 Å². The van der Waals surface area contributed by atoms with E-state index in [0.29, 0.717) is 6.61 Å². The van der Waals surface area contributed by atoms with Crippen LogP contribution in [-0.2, 0) is 9.53 Å². The molecule has 0 aliphatic rings. The minimum atomic E-state index is -0.195. The van der Waals surface area contributed by atoms with Crippen molar-refractivity contribution in [1.82, 2.24) is 0 Å². The maximum absolute atomic E-state index is 11.3. The summed E-state index contributed by atoms with van der Waals surface area (Å²) in [4.78, 5) is 14.4. The summed E-state index contributed by atoms with van der Waals surface area (Å²) >= 11 is 1.70. The Kier molecular flexibility index (Phi) is 5.19. The van der Waals surface area contributed by atoms with Gasteiger partial charge in [-0.25, -0.2) is 0 Å². The van der Waals surface area contributed by atoms with Gasteiger partial charge in [-0.1, -0.05) is 0 Å². The Morgan fingerprint density at radius 1 is 1.38 bits per heavy atom. The first-order valence-electron chi connectivity index (χ1n) is 5.18. The van der Waals surface area contributed by atoms with Crippen molar-refractivity contribution in [1.29, 1.82) is 0 Å². The Labute approximate surface area is 101 Å². The highest BCUT2D eigenvalue weighted by Gasteiger charge is 2.07. The van der Waals surface area contributed by atoms with Crippen LogP contribution in [0.1, 0.15) is 6.92 Å². The number of likely N-dealkylation sites (N-methyl/N-ethyl adjacent to an activating group) is 1. The van der Waals surface area contributed by atoms with Crippen molar-refractivity contribution in [3.63, 3.8) is 0 Å². The predicted molar refractivity (Wildman–Crippen MR) is 68.1 cm³/mol. The molecule has 0 unspecified atom stereocenters. The van der Waals surface area contributed by atoms with E-state index in [4.69, 9.17) is 4.74 Å². The van der Waals surface area contributed by atoms with E-state index in [-0.39, 0.29) is 12.5 Å². The molecular weight excluding hydrogens is 222 g/mol. The number of benzene rings is 1. The zero-order valence-corrected chi connectivity index (χ0v) is 10.7. The fourth-order valence-corrected chi connectivity index (χ4v) is 1.74. The topological polar surface area (TPSA) is 29.5 Å². The molecule has 1 rings (SSSR count). The van der Waals surface area contributed by atoms with Gasteiger partial charge in [-0.15, -0.1) is 11.8 Å². The molecule has 1 aromatic carbocycles. The molecule has 0 saturated carbocycles. The zero-order chi connectivity index (χ0) is 12.0. The second kappa shape index (κ2) is 6.43. The fourth-order valence-electron chi connectivity index (χ4n) is 1.33. The SMILES string of the molecule is CCOC(=O)CN(C)c1ccc(SC)cc1. The Balaban J connectivity index is 2.58. The molecule has 1 aromatic rings. The van der Waals surface area contributed by atoms with E-state index in [1.54, 1.807) is 11.8 Å². The van der Waals surface area contributed by atoms with Gasteiger partial charge in [0.15, 0.2) is 0 Å². The fraction of sp³-hybridized carbons (Fsp3) is 0.417. The molecule has 0 bridgehead atoms. The third-order valence-electron chi connectivity index (χ3n) is 2.18. The third kappa shape index (κ3) is 3.77. The van der Waals surface area contributed by atoms with Crippen LogP contribution in [0.5, 0.6) is 0 Å². The van der Waals surface area contributed by atoms with E-state index in [9.17, 15) is 4.79 Å². The number of carbonyl (C=O) groups is 1. The molecule has 0 atom stereocenters. The number of carbonyl (C=O) groups excluding carboxylic acids is 1. The smallest absolute Gasteiger partial charge is 0.325 e. The first kappa shape index (κ1) is 12.9. The van der Waals surface area contributed by atoms with Gasteiger partial charge in [0.25, 0.3) is 0 Å². The summed E-state index contributed by atoms with van der Waals surface area (Å²) in [5, 5.41) is 0. The Morgan fingerprint density at radius 2 is 2.00 bits per heavy atom. The van der Waals surface area contributed by atoms with E-state index >= 15 is 0 Å². The van der Waals surface area contributed by atoms with Crippen molar-refractivity contribution in [3.05, 3.63) is 24.3 Å². The van der Waals surface area contributed by atoms with Crippen molar-refractivity contribution in [2.24, 2.45) is 0 Å². The van der Waals surface area contributed by atoms with Crippen molar-refractivity contribution in [3.8, 4) is 0 Å². The normalized spacial score (nSPS) is 9.94. The van der Waals surface area contributed by atoms with Crippen LogP contribution >= 0.6 is 11.8 Å². The molecule has 4 heteroatoms. The lowest BCUT2D eigenvalue weighted by molar-refractivity contribution is -0.141. The molecule has 16 heavy (non-hydrogen) atoms. The number of ether oxygens (including phenoxy) is 1. The van der Waals surface area contributed by atoms with E-state index in [0.717, 1.165) is 5.69 Å². The van der Waals surface area contributed by atoms with Gasteiger partial charge in [0, 0.05) is 17.6 Å². The van der Waals surface area contributed by atoms with Crippen molar-refractivity contribution < 1.29 is 9.53 Å². The summed E-state index contributed by atoms with van der Waals surface area (Å²) in [6.07, 6.45) is 2.04. The van der Waals surface area contributed by atoms with Gasteiger partial charge in [-0.3, -0.25) is 4.79 Å². The highest BCUT2D eigenvalue weighted by Crippen LogP contribution is 2.19. The minimum absolute atomic E-state index is 0.195. The molecule has 0 fully saturated rings. The molecule has 0 aromatic heterocycles. The summed E-state index contributed by atoms with van der Waals surface area (Å²) in [5.74, 6) is -0.195. The van der Waals surface area contributed by atoms with Crippen LogP contribution < -0.4 is 4.90 Å². The molecular formula is C12H17NO2S. The van der Waals surface area contributed by atoms with Crippen LogP contribution in [0.25, 0.3) is 0 Å². The average molecular weight is 239 g/mol. The standard InChI is InChI=1S/C12H17NO2S/c1-4-15-12(14)9-13(2)10-5-7-11(16-3)8-6-10/h5-8H,4,9H2,1-3H3. The monoisotopic (exact) mass is 239 g/mol. The average Bonchev–Trinajstić information content (AvgIpc) is 2.29. The Hall–Kier alpha value is -1.16. The Bertz CT molecular complexity index is 337. The number of nitrogens with zero attached hydrogens (tertiary/aromatic N) is 1. The summed E-state index contributed by atoms with van der Waals surface area (Å²) in [7, 11) is 1.88. The first-order chi connectivity index (χ1) is 7.67. The summed E-state index contributed by atoms with van der Waals surface area (Å²) in [6.45, 7) is 2.52. The van der Waals surface area contributed by atoms with Crippen LogP contribution in [-0.4, -0.2) is 32.4 Å². The maximum atomic E-state index is 11.3. The molecule has 0 N–H and O–H groups in total. The van der Waals surface area contributed by atoms with Crippen LogP contribution in [0, 0.1) is 0 Å². The number of thioether (sulfide) groups is 1. The molecule has 0 spiro atoms. The van der Waals surface area contributed by atoms with Crippen molar-refractivity contribution in [2.75, 3.05) is 31.4 Å². The molecule has 3 nitrogen and oxygen atoms in total. The third-order valence-corrected chi connectivity index (χ3v) is 2.93. The minimum Gasteiger partial charge on any atom is -0.465 e. The highest BCUT2D eigenvalue weighted by molar-refractivity contribution is 7.98. The molecule has 0 heterocycles. The number of rotatable bonds is 5. The summed E-state index contributed by atoms with van der Waals surface area (Å²) in [5.41, 5.74) is 1.02. The molecule has 0 radical (unpaired) electrons. The first-order valence-corrected chi connectivity index (χ1v) is 6.40.